The Morgan fingerprint density at radius 3 is 2.85 bits per heavy atom. The average molecular weight is 397 g/mol. The molecule has 2 aliphatic rings. The molecule has 0 aromatic heterocycles. The summed E-state index contributed by atoms with van der Waals surface area (Å²) in [4.78, 5) is 2.23. The molecule has 2 fully saturated rings. The van der Waals surface area contributed by atoms with Gasteiger partial charge >= 0.3 is 0 Å². The first kappa shape index (κ1) is 20.1. The zero-order valence-corrected chi connectivity index (χ0v) is 16.1. The van der Waals surface area contributed by atoms with E-state index in [0.29, 0.717) is 13.1 Å². The van der Waals surface area contributed by atoms with Gasteiger partial charge in [-0.1, -0.05) is 12.5 Å². The molecule has 0 radical (unpaired) electrons. The maximum atomic E-state index is 13.5. The number of hydrogen-bond donors (Lipinski definition) is 1. The van der Waals surface area contributed by atoms with Crippen molar-refractivity contribution in [1.29, 1.82) is 0 Å². The van der Waals surface area contributed by atoms with Gasteiger partial charge in [0, 0.05) is 25.4 Å². The predicted octanol–water partition coefficient (Wildman–Crippen LogP) is 3.03. The number of likely N-dealkylation sites (tertiary alicyclic amines) is 1. The summed E-state index contributed by atoms with van der Waals surface area (Å²) in [6.45, 7) is 2.76. The predicted molar refractivity (Wildman–Crippen MR) is 105 cm³/mol. The third-order valence-corrected chi connectivity index (χ3v) is 5.28. The fraction of sp³-hybridized carbons (Fsp3) is 0.579. The minimum Gasteiger partial charge on any atom is -0.376 e. The summed E-state index contributed by atoms with van der Waals surface area (Å²) in [5, 5.41) is 6.37. The zero-order chi connectivity index (χ0) is 19.2. The van der Waals surface area contributed by atoms with Gasteiger partial charge in [-0.2, -0.15) is 5.10 Å². The smallest absolute Gasteiger partial charge is 0.187 e. The van der Waals surface area contributed by atoms with E-state index in [1.807, 2.05) is 6.21 Å². The second-order valence-corrected chi connectivity index (χ2v) is 7.52. The van der Waals surface area contributed by atoms with Crippen LogP contribution in [0, 0.1) is 11.6 Å². The third-order valence-electron chi connectivity index (χ3n) is 5.07. The first-order valence-corrected chi connectivity index (χ1v) is 9.84. The Morgan fingerprint density at radius 1 is 1.30 bits per heavy atom. The Labute approximate surface area is 164 Å². The normalized spacial score (nSPS) is 23.8. The Balaban J connectivity index is 1.65. The Morgan fingerprint density at radius 2 is 2.15 bits per heavy atom. The molecule has 2 unspecified atom stereocenters. The summed E-state index contributed by atoms with van der Waals surface area (Å²) >= 11 is 5.12. The Kier molecular flexibility index (Phi) is 7.09. The topological polar surface area (TPSA) is 54.1 Å². The van der Waals surface area contributed by atoms with E-state index in [4.69, 9.17) is 22.7 Å². The van der Waals surface area contributed by atoms with Crippen LogP contribution in [-0.2, 0) is 11.3 Å². The molecule has 2 heterocycles. The average Bonchev–Trinajstić information content (AvgIpc) is 3.16. The largest absolute Gasteiger partial charge is 0.376 e. The van der Waals surface area contributed by atoms with Gasteiger partial charge in [0.2, 0.25) is 0 Å². The monoisotopic (exact) mass is 396 g/mol. The summed E-state index contributed by atoms with van der Waals surface area (Å²) in [6.07, 6.45) is 7.14. The number of benzene rings is 1. The molecule has 0 bridgehead atoms. The lowest BCUT2D eigenvalue weighted by Gasteiger charge is -2.33. The van der Waals surface area contributed by atoms with Crippen molar-refractivity contribution in [3.8, 4) is 0 Å². The molecule has 148 valence electrons. The molecule has 0 saturated carbocycles. The van der Waals surface area contributed by atoms with E-state index < -0.39 is 11.6 Å². The maximum absolute atomic E-state index is 13.5. The molecule has 2 atom stereocenters. The van der Waals surface area contributed by atoms with Gasteiger partial charge in [-0.05, 0) is 62.1 Å². The third kappa shape index (κ3) is 5.67. The first-order valence-electron chi connectivity index (χ1n) is 9.43. The van der Waals surface area contributed by atoms with E-state index in [0.717, 1.165) is 50.8 Å². The van der Waals surface area contributed by atoms with Crippen LogP contribution in [0.15, 0.2) is 23.3 Å². The molecular weight excluding hydrogens is 370 g/mol. The van der Waals surface area contributed by atoms with Crippen molar-refractivity contribution < 1.29 is 13.5 Å². The molecule has 8 heteroatoms. The number of rotatable bonds is 6. The van der Waals surface area contributed by atoms with Crippen molar-refractivity contribution in [2.75, 3.05) is 19.7 Å². The van der Waals surface area contributed by atoms with Crippen LogP contribution in [0.25, 0.3) is 0 Å². The van der Waals surface area contributed by atoms with Gasteiger partial charge in [-0.3, -0.25) is 4.90 Å². The highest BCUT2D eigenvalue weighted by Gasteiger charge is 2.23. The number of ether oxygens (including phenoxy) is 1. The van der Waals surface area contributed by atoms with Crippen LogP contribution in [0.5, 0.6) is 0 Å². The fourth-order valence-electron chi connectivity index (χ4n) is 3.59. The van der Waals surface area contributed by atoms with Gasteiger partial charge in [0.1, 0.15) is 0 Å². The highest BCUT2D eigenvalue weighted by molar-refractivity contribution is 7.80. The van der Waals surface area contributed by atoms with Crippen LogP contribution < -0.4 is 5.73 Å². The van der Waals surface area contributed by atoms with Gasteiger partial charge in [0.15, 0.2) is 16.7 Å². The van der Waals surface area contributed by atoms with Crippen LogP contribution in [0.3, 0.4) is 0 Å². The van der Waals surface area contributed by atoms with Gasteiger partial charge < -0.3 is 10.5 Å². The lowest BCUT2D eigenvalue weighted by atomic mass is 10.0. The van der Waals surface area contributed by atoms with Crippen molar-refractivity contribution >= 4 is 23.5 Å². The van der Waals surface area contributed by atoms with E-state index in [2.05, 4.69) is 10.0 Å². The molecule has 5 nitrogen and oxygen atoms in total. The number of halogens is 2. The van der Waals surface area contributed by atoms with Gasteiger partial charge in [0.05, 0.1) is 12.6 Å². The lowest BCUT2D eigenvalue weighted by Crippen LogP contribution is -2.42. The van der Waals surface area contributed by atoms with Crippen LogP contribution in [0.2, 0.25) is 0 Å². The summed E-state index contributed by atoms with van der Waals surface area (Å²) in [5.74, 6) is -1.64. The van der Waals surface area contributed by atoms with Crippen molar-refractivity contribution in [2.24, 2.45) is 10.8 Å². The molecule has 3 rings (SSSR count). The van der Waals surface area contributed by atoms with E-state index >= 15 is 0 Å². The summed E-state index contributed by atoms with van der Waals surface area (Å²) in [7, 11) is 0. The number of thiocarbonyl (C=S) groups is 1. The first-order chi connectivity index (χ1) is 13.0. The number of hydrazone groups is 1. The van der Waals surface area contributed by atoms with Crippen molar-refractivity contribution in [1.82, 2.24) is 9.91 Å². The van der Waals surface area contributed by atoms with E-state index in [1.54, 1.807) is 11.1 Å². The molecule has 0 aliphatic carbocycles. The molecule has 0 amide bonds. The molecule has 0 spiro atoms. The van der Waals surface area contributed by atoms with E-state index in [-0.39, 0.29) is 17.3 Å². The van der Waals surface area contributed by atoms with Gasteiger partial charge in [0.25, 0.3) is 0 Å². The van der Waals surface area contributed by atoms with Crippen molar-refractivity contribution in [3.63, 3.8) is 0 Å². The Bertz CT molecular complexity index is 682. The van der Waals surface area contributed by atoms with Crippen LogP contribution >= 0.6 is 12.2 Å². The summed E-state index contributed by atoms with van der Waals surface area (Å²) in [5.41, 5.74) is 6.57. The summed E-state index contributed by atoms with van der Waals surface area (Å²) in [6, 6.07) is 4.17. The second-order valence-electron chi connectivity index (χ2n) is 7.10. The number of hydrogen-bond acceptors (Lipinski definition) is 4. The van der Waals surface area contributed by atoms with Crippen molar-refractivity contribution in [2.45, 2.75) is 50.8 Å². The molecule has 2 N–H and O–H groups in total. The summed E-state index contributed by atoms with van der Waals surface area (Å²) < 4.78 is 32.3. The molecule has 27 heavy (non-hydrogen) atoms. The van der Waals surface area contributed by atoms with Crippen LogP contribution in [-0.4, -0.2) is 53.1 Å². The number of nitrogens with zero attached hydrogens (tertiary/aromatic N) is 3. The molecule has 2 saturated heterocycles. The quantitative estimate of drug-likeness (QED) is 0.455. The van der Waals surface area contributed by atoms with Gasteiger partial charge in [-0.25, -0.2) is 13.8 Å². The van der Waals surface area contributed by atoms with Crippen LogP contribution in [0.4, 0.5) is 8.78 Å². The molecule has 1 aromatic rings. The Hall–Kier alpha value is -1.64. The highest BCUT2D eigenvalue weighted by Crippen LogP contribution is 2.20. The number of nitrogens with two attached hydrogens (primary N) is 1. The van der Waals surface area contributed by atoms with Crippen molar-refractivity contribution in [3.05, 3.63) is 35.4 Å². The van der Waals surface area contributed by atoms with Gasteiger partial charge in [-0.15, -0.1) is 0 Å². The number of piperidine rings is 1. The minimum absolute atomic E-state index is 0.105. The SMILES string of the molecule is NC(=S)N(CC1CCCO1)N=CC1CCCCN1Cc1ccc(F)c(F)c1. The molecule has 1 aromatic carbocycles. The molecule has 2 aliphatic heterocycles. The van der Waals surface area contributed by atoms with Crippen LogP contribution in [0.1, 0.15) is 37.7 Å². The zero-order valence-electron chi connectivity index (χ0n) is 15.3. The lowest BCUT2D eigenvalue weighted by molar-refractivity contribution is 0.0920. The van der Waals surface area contributed by atoms with E-state index in [1.165, 1.54) is 12.1 Å². The highest BCUT2D eigenvalue weighted by atomic mass is 32.1. The minimum atomic E-state index is -0.822. The fourth-order valence-corrected chi connectivity index (χ4v) is 3.71. The maximum Gasteiger partial charge on any atom is 0.187 e. The second kappa shape index (κ2) is 9.52. The van der Waals surface area contributed by atoms with E-state index in [9.17, 15) is 8.78 Å². The molecular formula is C19H26F2N4OS. The standard InChI is InChI=1S/C19H26F2N4OS/c20-17-7-6-14(10-18(17)21)12-24-8-2-1-4-15(24)11-23-25(19(22)27)13-16-5-3-9-26-16/h6-7,10-11,15-16H,1-5,8-9,12-13H2,(H2,22,27).